The van der Waals surface area contributed by atoms with Crippen LogP contribution in [0.2, 0.25) is 0 Å². The molecule has 32 nitrogen and oxygen atoms in total. The minimum atomic E-state index is -1.93. The van der Waals surface area contributed by atoms with Crippen molar-refractivity contribution in [3.63, 3.8) is 0 Å². The zero-order chi connectivity index (χ0) is 73.5. The molecule has 0 amide bonds. The van der Waals surface area contributed by atoms with Gasteiger partial charge in [-0.1, -0.05) is 67.0 Å². The van der Waals surface area contributed by atoms with E-state index >= 15 is 0 Å². The maximum Gasteiger partial charge on any atom is 0.187 e. The van der Waals surface area contributed by atoms with Gasteiger partial charge in [-0.15, -0.1) is 0 Å². The number of aliphatic hydroxyl groups is 20. The summed E-state index contributed by atoms with van der Waals surface area (Å²) in [5.74, 6) is -1.76. The summed E-state index contributed by atoms with van der Waals surface area (Å²) in [6.45, 7) is 15.5. The molecule has 20 N–H and O–H groups in total. The number of allylic oxidation sites excluding steroid dienone is 1. The zero-order valence-electron chi connectivity index (χ0n) is 58.7. The van der Waals surface area contributed by atoms with E-state index in [1.165, 1.54) is 0 Å². The van der Waals surface area contributed by atoms with Crippen molar-refractivity contribution in [2.75, 3.05) is 39.6 Å². The van der Waals surface area contributed by atoms with Crippen LogP contribution < -0.4 is 0 Å². The lowest BCUT2D eigenvalue weighted by Crippen LogP contribution is -2.66. The molecule has 6 aliphatic heterocycles. The summed E-state index contributed by atoms with van der Waals surface area (Å²) in [6, 6.07) is 0. The van der Waals surface area contributed by atoms with Crippen LogP contribution in [0.3, 0.4) is 0 Å². The summed E-state index contributed by atoms with van der Waals surface area (Å²) in [4.78, 5) is 0. The molecule has 0 bridgehead atoms. The van der Waals surface area contributed by atoms with Crippen molar-refractivity contribution in [2.45, 2.75) is 317 Å². The Balaban J connectivity index is 0.853. The van der Waals surface area contributed by atoms with E-state index in [9.17, 15) is 102 Å². The van der Waals surface area contributed by atoms with E-state index in [0.717, 1.165) is 18.4 Å². The fraction of sp³-hybridized carbons (Fsp3) is 0.971. The van der Waals surface area contributed by atoms with Crippen LogP contribution in [0.5, 0.6) is 0 Å². The predicted molar refractivity (Wildman–Crippen MR) is 339 cm³/mol. The molecular weight excluding hydrogens is 1330 g/mol. The predicted octanol–water partition coefficient (Wildman–Crippen LogP) is -5.03. The van der Waals surface area contributed by atoms with Crippen LogP contribution in [-0.2, 0) is 56.8 Å². The van der Waals surface area contributed by atoms with Gasteiger partial charge in [0, 0.05) is 22.7 Å². The Bertz CT molecular complexity index is 2670. The SMILES string of the molecule is C[C@@H]1[C@@H](O)[C@H](OC[C@H]2O[C@@H](O[C@H](CC[C@@H](C)C3CC[C@@]4(C)C5CC=C6C(CC[C@H](O[C@@H]7O[C@H](CO[C@@H]8O[C@H](CO)[C@@H](O)[C@H](O)[C@H]8O)[C@@H](O)[C@H](O)[C@H]7O[C@H]7O[C@@H](CO)[C@H](O)[C@@H](O)[C@@H]7O)C6(C)C)[C@]5(C)[C@H](O)C[C@]34C)C(C)(C)O)[C@H](O[C@H]3O[C@@H](CO)[C@H](O)[C@@H](O)[C@@H]3O)[C@@H](O)[C@@H]2C)O[C@H](CO)[C@H]1O. The first-order valence-electron chi connectivity index (χ1n) is 35.7. The maximum atomic E-state index is 13.0. The Morgan fingerprint density at radius 1 is 0.480 bits per heavy atom. The average molecular weight is 1450 g/mol. The summed E-state index contributed by atoms with van der Waals surface area (Å²) in [6.07, 6.45) is -40.6. The van der Waals surface area contributed by atoms with Gasteiger partial charge in [0.2, 0.25) is 0 Å². The summed E-state index contributed by atoms with van der Waals surface area (Å²) >= 11 is 0. The molecule has 4 aliphatic carbocycles. The first-order chi connectivity index (χ1) is 46.9. The van der Waals surface area contributed by atoms with Gasteiger partial charge in [0.1, 0.15) is 116 Å². The minimum absolute atomic E-state index is 0.0200. The van der Waals surface area contributed by atoms with Crippen LogP contribution in [0.25, 0.3) is 0 Å². The minimum Gasteiger partial charge on any atom is -0.394 e. The van der Waals surface area contributed by atoms with Gasteiger partial charge >= 0.3 is 0 Å². The molecule has 0 aromatic rings. The Kier molecular flexibility index (Phi) is 25.6. The number of ether oxygens (including phenoxy) is 12. The number of hydrogen-bond donors (Lipinski definition) is 20. The zero-order valence-corrected chi connectivity index (χ0v) is 58.7. The molecule has 10 rings (SSSR count). The second-order valence-electron chi connectivity index (χ2n) is 32.3. The first-order valence-corrected chi connectivity index (χ1v) is 35.7. The van der Waals surface area contributed by atoms with E-state index in [-0.39, 0.29) is 42.1 Å². The van der Waals surface area contributed by atoms with E-state index < -0.39 is 257 Å². The van der Waals surface area contributed by atoms with Crippen LogP contribution in [0.1, 0.15) is 121 Å². The summed E-state index contributed by atoms with van der Waals surface area (Å²) in [5, 5.41) is 219. The molecule has 0 aromatic heterocycles. The molecule has 100 heavy (non-hydrogen) atoms. The largest absolute Gasteiger partial charge is 0.394 e. The smallest absolute Gasteiger partial charge is 0.187 e. The van der Waals surface area contributed by atoms with E-state index in [1.807, 2.05) is 13.8 Å². The van der Waals surface area contributed by atoms with Gasteiger partial charge in [0.25, 0.3) is 0 Å². The highest BCUT2D eigenvalue weighted by Crippen LogP contribution is 2.75. The highest BCUT2D eigenvalue weighted by atomic mass is 16.8. The maximum absolute atomic E-state index is 13.0. The van der Waals surface area contributed by atoms with E-state index in [1.54, 1.807) is 27.7 Å². The van der Waals surface area contributed by atoms with E-state index in [0.29, 0.717) is 32.1 Å². The molecule has 580 valence electrons. The van der Waals surface area contributed by atoms with Gasteiger partial charge in [-0.25, -0.2) is 0 Å². The monoisotopic (exact) mass is 1440 g/mol. The topological polar surface area (TPSA) is 515 Å². The molecule has 3 unspecified atom stereocenters. The highest BCUT2D eigenvalue weighted by Gasteiger charge is 2.71. The number of rotatable bonds is 23. The fourth-order valence-electron chi connectivity index (χ4n) is 18.9. The van der Waals surface area contributed by atoms with Gasteiger partial charge in [-0.2, -0.15) is 0 Å². The average Bonchev–Trinajstić information content (AvgIpc) is 1.32. The lowest BCUT2D eigenvalue weighted by atomic mass is 9.38. The van der Waals surface area contributed by atoms with E-state index in [4.69, 9.17) is 56.8 Å². The van der Waals surface area contributed by atoms with E-state index in [2.05, 4.69) is 33.8 Å². The van der Waals surface area contributed by atoms with Crippen molar-refractivity contribution in [2.24, 2.45) is 57.2 Å². The number of fused-ring (bicyclic) bond motifs is 5. The van der Waals surface area contributed by atoms with Gasteiger partial charge in [0.05, 0.1) is 81.9 Å². The second-order valence-corrected chi connectivity index (χ2v) is 32.3. The van der Waals surface area contributed by atoms with Crippen molar-refractivity contribution < 1.29 is 159 Å². The number of hydrogen-bond acceptors (Lipinski definition) is 32. The van der Waals surface area contributed by atoms with Gasteiger partial charge in [-0.05, 0) is 99.7 Å². The Morgan fingerprint density at radius 3 is 1.47 bits per heavy atom. The first kappa shape index (κ1) is 81.0. The van der Waals surface area contributed by atoms with Crippen LogP contribution in [-0.4, -0.2) is 338 Å². The molecule has 6 heterocycles. The lowest BCUT2D eigenvalue weighted by molar-refractivity contribution is -0.379. The van der Waals surface area contributed by atoms with Crippen LogP contribution in [0.15, 0.2) is 11.6 Å². The van der Waals surface area contributed by atoms with Crippen molar-refractivity contribution in [3.05, 3.63) is 11.6 Å². The Hall–Kier alpha value is -1.54. The molecule has 3 saturated carbocycles. The molecule has 40 atom stereocenters. The Morgan fingerprint density at radius 2 is 0.940 bits per heavy atom. The Labute approximate surface area is 582 Å². The normalized spacial score (nSPS) is 52.1. The lowest BCUT2D eigenvalue weighted by Gasteiger charge is -2.67. The summed E-state index contributed by atoms with van der Waals surface area (Å²) < 4.78 is 73.4. The van der Waals surface area contributed by atoms with Crippen molar-refractivity contribution >= 4 is 0 Å². The molecule has 0 spiro atoms. The van der Waals surface area contributed by atoms with Gasteiger partial charge < -0.3 is 159 Å². The van der Waals surface area contributed by atoms with Gasteiger partial charge in [0.15, 0.2) is 37.7 Å². The van der Waals surface area contributed by atoms with Crippen LogP contribution in [0, 0.1) is 57.2 Å². The summed E-state index contributed by atoms with van der Waals surface area (Å²) in [7, 11) is 0. The standard InChI is InChI=1S/C68H116O32/c1-26(11-15-41(65(6,7)88)98-62-56(99-60-54(86)50(82)46(78)34(22-71)93-60)43(75)27(2)36(95-62)24-89-58-44(76)28(3)42(74)32(20-69)91-58)29-17-18-66(8)38-14-12-30-31(68(38,10)39(73)19-67(29,66)9)13-16-40(64(30,4)5)97-63-57(100-61-55(87)51(83)47(79)35(23-72)94-61)52(84)48(80)37(96-63)25-90-59-53(85)49(81)45(77)33(21-70)92-59/h12,26-29,31-63,69-88H,11,13-25H2,1-10H3/t26-,27-,28+,29?,31?,32-,33-,34+,35+,36-,37-,38?,39-,40+,41-,42+,43+,44-,45-,46+,47+,48-,49+,50-,51-,52+,53-,54+,55+,56-,57-,58-,59-,60-,61-,62+,63+,66+,67-,68+/m1/s1. The van der Waals surface area contributed by atoms with Crippen molar-refractivity contribution in [1.82, 2.24) is 0 Å². The van der Waals surface area contributed by atoms with Gasteiger partial charge in [-0.3, -0.25) is 0 Å². The van der Waals surface area contributed by atoms with Crippen LogP contribution >= 0.6 is 0 Å². The molecule has 0 radical (unpaired) electrons. The third kappa shape index (κ3) is 14.8. The molecule has 6 saturated heterocycles. The third-order valence-corrected chi connectivity index (χ3v) is 25.8. The molecular formula is C68H116O32. The summed E-state index contributed by atoms with van der Waals surface area (Å²) in [5.41, 5.74) is -2.78. The highest BCUT2D eigenvalue weighted by molar-refractivity contribution is 5.32. The van der Waals surface area contributed by atoms with Crippen molar-refractivity contribution in [1.29, 1.82) is 0 Å². The van der Waals surface area contributed by atoms with Crippen LogP contribution in [0.4, 0.5) is 0 Å². The molecule has 32 heteroatoms. The fourth-order valence-corrected chi connectivity index (χ4v) is 18.9. The quantitative estimate of drug-likeness (QED) is 0.0426. The van der Waals surface area contributed by atoms with Crippen molar-refractivity contribution in [3.8, 4) is 0 Å². The molecule has 0 aromatic carbocycles. The molecule has 9 fully saturated rings. The molecule has 10 aliphatic rings. The number of aliphatic hydroxyl groups excluding tert-OH is 19. The third-order valence-electron chi connectivity index (χ3n) is 25.8. The second kappa shape index (κ2) is 31.6.